The van der Waals surface area contributed by atoms with Crippen molar-refractivity contribution in [2.75, 3.05) is 12.4 Å². The molecule has 1 saturated carbocycles. The minimum absolute atomic E-state index is 0.560. The molecule has 0 amide bonds. The summed E-state index contributed by atoms with van der Waals surface area (Å²) in [5.41, 5.74) is 3.54. The van der Waals surface area contributed by atoms with Crippen LogP contribution in [0.2, 0.25) is 0 Å². The summed E-state index contributed by atoms with van der Waals surface area (Å²) in [5, 5.41) is 3.14. The van der Waals surface area contributed by atoms with Gasteiger partial charge in [0.1, 0.15) is 11.6 Å². The number of nitrogens with one attached hydrogen (secondary N) is 1. The molecule has 1 aliphatic rings. The van der Waals surface area contributed by atoms with Gasteiger partial charge in [0.15, 0.2) is 0 Å². The normalized spacial score (nSPS) is 14.6. The Morgan fingerprint density at radius 3 is 2.35 bits per heavy atom. The second-order valence-electron chi connectivity index (χ2n) is 5.80. The molecule has 0 atom stereocenters. The molecule has 3 nitrogen and oxygen atoms in total. The summed E-state index contributed by atoms with van der Waals surface area (Å²) in [5.74, 6) is 3.02. The summed E-state index contributed by atoms with van der Waals surface area (Å²) >= 11 is 0. The number of anilines is 1. The van der Waals surface area contributed by atoms with Crippen molar-refractivity contribution in [2.45, 2.75) is 38.5 Å². The van der Waals surface area contributed by atoms with Crippen LogP contribution in [0.25, 0.3) is 11.3 Å². The number of rotatable bonds is 4. The molecular formula is C17H21N3. The summed E-state index contributed by atoms with van der Waals surface area (Å²) in [7, 11) is 1.91. The van der Waals surface area contributed by atoms with Gasteiger partial charge in [0.25, 0.3) is 0 Å². The Hall–Kier alpha value is -1.90. The van der Waals surface area contributed by atoms with E-state index in [0.29, 0.717) is 11.8 Å². The van der Waals surface area contributed by atoms with E-state index in [2.05, 4.69) is 48.4 Å². The molecule has 0 bridgehead atoms. The van der Waals surface area contributed by atoms with Crippen molar-refractivity contribution >= 4 is 5.82 Å². The highest BCUT2D eigenvalue weighted by molar-refractivity contribution is 5.63. The lowest BCUT2D eigenvalue weighted by molar-refractivity contribution is 0.866. The number of hydrogen-bond acceptors (Lipinski definition) is 3. The van der Waals surface area contributed by atoms with Gasteiger partial charge >= 0.3 is 0 Å². The molecule has 2 aromatic rings. The van der Waals surface area contributed by atoms with Crippen LogP contribution in [0.15, 0.2) is 30.3 Å². The van der Waals surface area contributed by atoms with E-state index in [4.69, 9.17) is 4.98 Å². The fraction of sp³-hybridized carbons (Fsp3) is 0.412. The molecule has 1 aromatic heterocycles. The predicted molar refractivity (Wildman–Crippen MR) is 83.1 cm³/mol. The van der Waals surface area contributed by atoms with Gasteiger partial charge in [0.05, 0.1) is 5.69 Å². The zero-order valence-electron chi connectivity index (χ0n) is 12.4. The van der Waals surface area contributed by atoms with Crippen LogP contribution in [0.4, 0.5) is 5.82 Å². The van der Waals surface area contributed by atoms with E-state index in [9.17, 15) is 0 Å². The van der Waals surface area contributed by atoms with Crippen LogP contribution < -0.4 is 5.32 Å². The Kier molecular flexibility index (Phi) is 3.43. The second-order valence-corrected chi connectivity index (χ2v) is 5.80. The number of hydrogen-bond donors (Lipinski definition) is 1. The Balaban J connectivity index is 1.97. The molecular weight excluding hydrogens is 246 g/mol. The smallest absolute Gasteiger partial charge is 0.134 e. The molecule has 0 radical (unpaired) electrons. The van der Waals surface area contributed by atoms with Gasteiger partial charge in [0.2, 0.25) is 0 Å². The quantitative estimate of drug-likeness (QED) is 0.902. The highest BCUT2D eigenvalue weighted by Gasteiger charge is 2.27. The molecule has 3 heteroatoms. The molecule has 1 heterocycles. The maximum absolute atomic E-state index is 4.74. The Morgan fingerprint density at radius 2 is 1.80 bits per heavy atom. The van der Waals surface area contributed by atoms with Gasteiger partial charge in [-0.2, -0.15) is 0 Å². The third-order valence-electron chi connectivity index (χ3n) is 3.82. The molecule has 0 aliphatic heterocycles. The van der Waals surface area contributed by atoms with Crippen LogP contribution in [0.1, 0.15) is 49.9 Å². The molecule has 0 unspecified atom stereocenters. The van der Waals surface area contributed by atoms with E-state index in [-0.39, 0.29) is 0 Å². The average molecular weight is 267 g/mol. The van der Waals surface area contributed by atoms with Gasteiger partial charge in [-0.3, -0.25) is 0 Å². The van der Waals surface area contributed by atoms with Crippen molar-refractivity contribution in [1.82, 2.24) is 9.97 Å². The maximum Gasteiger partial charge on any atom is 0.134 e. The van der Waals surface area contributed by atoms with Gasteiger partial charge in [-0.15, -0.1) is 0 Å². The van der Waals surface area contributed by atoms with E-state index in [1.165, 1.54) is 18.4 Å². The fourth-order valence-corrected chi connectivity index (χ4v) is 2.30. The number of aromatic nitrogens is 2. The molecule has 1 fully saturated rings. The van der Waals surface area contributed by atoms with Crippen LogP contribution in [0.5, 0.6) is 0 Å². The maximum atomic E-state index is 4.74. The van der Waals surface area contributed by atoms with Crippen molar-refractivity contribution in [3.63, 3.8) is 0 Å². The van der Waals surface area contributed by atoms with Crippen molar-refractivity contribution in [3.05, 3.63) is 41.7 Å². The van der Waals surface area contributed by atoms with Gasteiger partial charge in [-0.1, -0.05) is 38.1 Å². The summed E-state index contributed by atoms with van der Waals surface area (Å²) in [6.45, 7) is 4.42. The fourth-order valence-electron chi connectivity index (χ4n) is 2.30. The molecule has 1 N–H and O–H groups in total. The van der Waals surface area contributed by atoms with E-state index in [0.717, 1.165) is 22.9 Å². The number of benzene rings is 1. The first-order valence-corrected chi connectivity index (χ1v) is 7.34. The molecule has 1 aliphatic carbocycles. The zero-order valence-corrected chi connectivity index (χ0v) is 12.4. The third kappa shape index (κ3) is 2.67. The minimum Gasteiger partial charge on any atom is -0.373 e. The standard InChI is InChI=1S/C17H21N3/c1-11(2)12-4-6-13(7-5-12)15-10-16(18-3)20-17(19-15)14-8-9-14/h4-7,10-11,14H,8-9H2,1-3H3,(H,18,19,20). The van der Waals surface area contributed by atoms with Gasteiger partial charge in [-0.05, 0) is 24.3 Å². The molecule has 104 valence electrons. The largest absolute Gasteiger partial charge is 0.373 e. The lowest BCUT2D eigenvalue weighted by Gasteiger charge is -2.09. The van der Waals surface area contributed by atoms with Crippen molar-refractivity contribution in [2.24, 2.45) is 0 Å². The average Bonchev–Trinajstić information content (AvgIpc) is 3.31. The summed E-state index contributed by atoms with van der Waals surface area (Å²) in [6, 6.07) is 10.7. The second kappa shape index (κ2) is 5.23. The number of nitrogens with zero attached hydrogens (tertiary/aromatic N) is 2. The van der Waals surface area contributed by atoms with E-state index < -0.39 is 0 Å². The van der Waals surface area contributed by atoms with Crippen LogP contribution >= 0.6 is 0 Å². The zero-order chi connectivity index (χ0) is 14.1. The lowest BCUT2D eigenvalue weighted by atomic mass is 10.0. The van der Waals surface area contributed by atoms with E-state index in [1.54, 1.807) is 0 Å². The van der Waals surface area contributed by atoms with E-state index in [1.807, 2.05) is 13.1 Å². The third-order valence-corrected chi connectivity index (χ3v) is 3.82. The minimum atomic E-state index is 0.560. The lowest BCUT2D eigenvalue weighted by Crippen LogP contribution is -2.00. The first-order chi connectivity index (χ1) is 9.67. The Morgan fingerprint density at radius 1 is 1.10 bits per heavy atom. The highest BCUT2D eigenvalue weighted by Crippen LogP contribution is 2.39. The van der Waals surface area contributed by atoms with Crippen LogP contribution in [0, 0.1) is 0 Å². The summed E-state index contributed by atoms with van der Waals surface area (Å²) in [4.78, 5) is 9.30. The van der Waals surface area contributed by atoms with Crippen molar-refractivity contribution in [3.8, 4) is 11.3 Å². The van der Waals surface area contributed by atoms with Gasteiger partial charge < -0.3 is 5.32 Å². The van der Waals surface area contributed by atoms with Gasteiger partial charge in [0, 0.05) is 24.6 Å². The monoisotopic (exact) mass is 267 g/mol. The van der Waals surface area contributed by atoms with Crippen molar-refractivity contribution in [1.29, 1.82) is 0 Å². The summed E-state index contributed by atoms with van der Waals surface area (Å²) < 4.78 is 0. The Bertz CT molecular complexity index is 598. The van der Waals surface area contributed by atoms with Crippen LogP contribution in [0.3, 0.4) is 0 Å². The Labute approximate surface area is 120 Å². The first kappa shape index (κ1) is 13.1. The van der Waals surface area contributed by atoms with Crippen molar-refractivity contribution < 1.29 is 0 Å². The predicted octanol–water partition coefficient (Wildman–Crippen LogP) is 4.19. The molecule has 0 spiro atoms. The first-order valence-electron chi connectivity index (χ1n) is 7.34. The molecule has 0 saturated heterocycles. The molecule has 20 heavy (non-hydrogen) atoms. The van der Waals surface area contributed by atoms with Crippen LogP contribution in [-0.4, -0.2) is 17.0 Å². The molecule has 3 rings (SSSR count). The van der Waals surface area contributed by atoms with Gasteiger partial charge in [-0.25, -0.2) is 9.97 Å². The highest BCUT2D eigenvalue weighted by atomic mass is 15.0. The topological polar surface area (TPSA) is 37.8 Å². The van der Waals surface area contributed by atoms with E-state index >= 15 is 0 Å². The summed E-state index contributed by atoms with van der Waals surface area (Å²) in [6.07, 6.45) is 2.44. The molecule has 1 aromatic carbocycles. The van der Waals surface area contributed by atoms with Crippen LogP contribution in [-0.2, 0) is 0 Å². The SMILES string of the molecule is CNc1cc(-c2ccc(C(C)C)cc2)nc(C2CC2)n1.